The zero-order valence-corrected chi connectivity index (χ0v) is 29.1. The number of hydrogen-bond acceptors (Lipinski definition) is 11. The Morgan fingerprint density at radius 1 is 0.868 bits per heavy atom. The number of rotatable bonds is 20. The fourth-order valence-corrected chi connectivity index (χ4v) is 5.99. The Morgan fingerprint density at radius 3 is 2.11 bits per heavy atom. The van der Waals surface area contributed by atoms with E-state index in [0.29, 0.717) is 33.8 Å². The van der Waals surface area contributed by atoms with Gasteiger partial charge in [-0.1, -0.05) is 62.4 Å². The molecule has 3 aromatic carbocycles. The van der Waals surface area contributed by atoms with Crippen LogP contribution in [0.25, 0.3) is 22.4 Å². The maximum absolute atomic E-state index is 14.2. The van der Waals surface area contributed by atoms with E-state index in [-0.39, 0.29) is 37.6 Å². The fourth-order valence-electron chi connectivity index (χ4n) is 5.99. The number of anilines is 1. The monoisotopic (exact) mass is 736 g/mol. The number of nitrogens with zero attached hydrogens (tertiary/aromatic N) is 3. The summed E-state index contributed by atoms with van der Waals surface area (Å²) < 4.78 is 21.1. The van der Waals surface area contributed by atoms with Crippen molar-refractivity contribution in [2.75, 3.05) is 18.5 Å². The third kappa shape index (κ3) is 11.6. The topological polar surface area (TPSA) is 206 Å². The lowest BCUT2D eigenvalue weighted by Gasteiger charge is -2.20. The van der Waals surface area contributed by atoms with Crippen molar-refractivity contribution in [1.29, 1.82) is 0 Å². The van der Waals surface area contributed by atoms with Gasteiger partial charge in [0, 0.05) is 29.9 Å². The van der Waals surface area contributed by atoms with Crippen molar-refractivity contribution >= 4 is 17.6 Å². The number of aliphatic hydroxyl groups excluding tert-OH is 2. The molecule has 1 aromatic heterocycles. The van der Waals surface area contributed by atoms with E-state index in [9.17, 15) is 44.4 Å². The number of carbonyl (C=O) groups excluding carboxylic acids is 2. The molecule has 0 aliphatic rings. The molecule has 282 valence electrons. The summed E-state index contributed by atoms with van der Waals surface area (Å²) in [7, 11) is 0. The van der Waals surface area contributed by atoms with E-state index in [1.165, 1.54) is 12.1 Å². The van der Waals surface area contributed by atoms with Crippen molar-refractivity contribution in [3.8, 4) is 22.4 Å². The van der Waals surface area contributed by atoms with Crippen LogP contribution in [-0.2, 0) is 25.8 Å². The Kier molecular flexibility index (Phi) is 14.4. The van der Waals surface area contributed by atoms with Crippen LogP contribution in [0, 0.1) is 26.0 Å². The van der Waals surface area contributed by atoms with Crippen LogP contribution in [0.5, 0.6) is 0 Å². The van der Waals surface area contributed by atoms with E-state index in [2.05, 4.69) is 15.0 Å². The summed E-state index contributed by atoms with van der Waals surface area (Å²) in [5, 5.41) is 43.6. The van der Waals surface area contributed by atoms with Crippen molar-refractivity contribution in [2.24, 2.45) is 0 Å². The lowest BCUT2D eigenvalue weighted by Crippen LogP contribution is -2.28. The highest BCUT2D eigenvalue weighted by Gasteiger charge is 2.31. The first kappa shape index (κ1) is 39.9. The summed E-state index contributed by atoms with van der Waals surface area (Å²) in [4.78, 5) is 56.2. The average molecular weight is 737 g/mol. The number of halogens is 1. The van der Waals surface area contributed by atoms with Crippen LogP contribution in [0.15, 0.2) is 84.9 Å². The van der Waals surface area contributed by atoms with Crippen molar-refractivity contribution in [3.63, 3.8) is 0 Å². The molecule has 16 heteroatoms. The van der Waals surface area contributed by atoms with Gasteiger partial charge in [0.15, 0.2) is 0 Å². The summed E-state index contributed by atoms with van der Waals surface area (Å²) in [5.41, 5.74) is 4.30. The summed E-state index contributed by atoms with van der Waals surface area (Å²) in [6.45, 7) is 2.89. The van der Waals surface area contributed by atoms with E-state index < -0.39 is 59.9 Å². The van der Waals surface area contributed by atoms with E-state index in [4.69, 9.17) is 4.74 Å². The number of para-hydroxylation sites is 1. The molecule has 1 unspecified atom stereocenters. The molecule has 4 rings (SSSR count). The molecular weight excluding hydrogens is 695 g/mol. The largest absolute Gasteiger partial charge is 0.463 e. The minimum Gasteiger partial charge on any atom is -0.463 e. The standard InChI is InChI=1S/C37H41FN4O11/c1-24(2)35-34(37(46)39-28-11-7-4-8-12-28)33(25-9-5-3-6-10-25)36(26-13-15-27(38)16-14-26)40(35)19-17-29(43)21-30(44)22-32(45)51-23-31(53-42(49)50)18-20-52-41(47)48/h3-16,24,29-31,43-44H,17-23H2,1-2H3,(H,39,46)/t29-,30-,31?/m1/s1. The summed E-state index contributed by atoms with van der Waals surface area (Å²) in [5.74, 6) is -1.93. The third-order valence-corrected chi connectivity index (χ3v) is 8.22. The second-order valence-electron chi connectivity index (χ2n) is 12.5. The number of carbonyl (C=O) groups is 2. The SMILES string of the molecule is CC(C)c1c(C(=O)Nc2ccccc2)c(-c2ccccc2)c(-c2ccc(F)cc2)n1CC[C@@H](O)C[C@@H](O)CC(=O)OCC(CCO[N+](=O)[O-])O[N+](=O)[O-]. The number of aromatic nitrogens is 1. The molecule has 0 bridgehead atoms. The predicted octanol–water partition coefficient (Wildman–Crippen LogP) is 5.95. The first-order valence-electron chi connectivity index (χ1n) is 16.9. The molecule has 3 atom stereocenters. The summed E-state index contributed by atoms with van der Waals surface area (Å²) in [6, 6.07) is 24.2. The van der Waals surface area contributed by atoms with Gasteiger partial charge in [-0.2, -0.15) is 0 Å². The minimum absolute atomic E-state index is 0.0812. The van der Waals surface area contributed by atoms with Crippen LogP contribution in [0.3, 0.4) is 0 Å². The Hall–Kier alpha value is -5.87. The van der Waals surface area contributed by atoms with E-state index >= 15 is 0 Å². The van der Waals surface area contributed by atoms with Crippen molar-refractivity contribution < 1.29 is 48.8 Å². The fraction of sp³-hybridized carbons (Fsp3) is 0.351. The van der Waals surface area contributed by atoms with E-state index in [1.54, 1.807) is 36.4 Å². The van der Waals surface area contributed by atoms with Gasteiger partial charge in [0.2, 0.25) is 0 Å². The second-order valence-corrected chi connectivity index (χ2v) is 12.5. The Balaban J connectivity index is 1.58. The van der Waals surface area contributed by atoms with Crippen molar-refractivity contribution in [2.45, 2.75) is 70.3 Å². The molecule has 0 saturated carbocycles. The van der Waals surface area contributed by atoms with Crippen LogP contribution in [0.1, 0.15) is 61.5 Å². The number of esters is 1. The number of benzene rings is 3. The van der Waals surface area contributed by atoms with Gasteiger partial charge in [-0.25, -0.2) is 4.39 Å². The highest BCUT2D eigenvalue weighted by molar-refractivity contribution is 6.12. The summed E-state index contributed by atoms with van der Waals surface area (Å²) >= 11 is 0. The molecule has 1 amide bonds. The molecule has 4 aromatic rings. The van der Waals surface area contributed by atoms with Crippen molar-refractivity contribution in [1.82, 2.24) is 4.57 Å². The Labute approximate surface area is 304 Å². The quantitative estimate of drug-likeness (QED) is 0.0549. The Bertz CT molecular complexity index is 1840. The number of aliphatic hydroxyl groups is 2. The third-order valence-electron chi connectivity index (χ3n) is 8.22. The van der Waals surface area contributed by atoms with E-state index in [0.717, 1.165) is 5.56 Å². The number of ether oxygens (including phenoxy) is 1. The maximum Gasteiger partial charge on any atom is 0.308 e. The van der Waals surface area contributed by atoms with Crippen LogP contribution >= 0.6 is 0 Å². The van der Waals surface area contributed by atoms with E-state index in [1.807, 2.05) is 54.8 Å². The molecule has 0 saturated heterocycles. The molecule has 0 radical (unpaired) electrons. The first-order chi connectivity index (χ1) is 25.3. The lowest BCUT2D eigenvalue weighted by atomic mass is 9.94. The van der Waals surface area contributed by atoms with Gasteiger partial charge in [0.1, 0.15) is 18.5 Å². The molecule has 15 nitrogen and oxygen atoms in total. The van der Waals surface area contributed by atoms with Gasteiger partial charge in [0.25, 0.3) is 16.1 Å². The molecule has 0 aliphatic heterocycles. The highest BCUT2D eigenvalue weighted by Crippen LogP contribution is 2.42. The molecule has 3 N–H and O–H groups in total. The van der Waals surface area contributed by atoms with Crippen LogP contribution < -0.4 is 5.32 Å². The average Bonchev–Trinajstić information content (AvgIpc) is 3.46. The molecule has 53 heavy (non-hydrogen) atoms. The maximum atomic E-state index is 14.2. The number of hydrogen-bond donors (Lipinski definition) is 3. The lowest BCUT2D eigenvalue weighted by molar-refractivity contribution is -0.774. The normalized spacial score (nSPS) is 12.8. The molecule has 0 fully saturated rings. The summed E-state index contributed by atoms with van der Waals surface area (Å²) in [6.07, 6.45) is -4.87. The molecule has 1 heterocycles. The zero-order valence-electron chi connectivity index (χ0n) is 29.1. The van der Waals surface area contributed by atoms with Crippen LogP contribution in [0.2, 0.25) is 0 Å². The van der Waals surface area contributed by atoms with Crippen LogP contribution in [0.4, 0.5) is 10.1 Å². The van der Waals surface area contributed by atoms with Gasteiger partial charge >= 0.3 is 5.97 Å². The second kappa shape index (κ2) is 19.1. The molecular formula is C37H41FN4O11. The van der Waals surface area contributed by atoms with Gasteiger partial charge in [-0.3, -0.25) is 9.59 Å². The smallest absolute Gasteiger partial charge is 0.308 e. The molecule has 0 aliphatic carbocycles. The number of nitrogens with one attached hydrogen (secondary N) is 1. The zero-order chi connectivity index (χ0) is 38.5. The van der Waals surface area contributed by atoms with Gasteiger partial charge in [0.05, 0.1) is 36.5 Å². The minimum atomic E-state index is -1.36. The molecule has 0 spiro atoms. The number of amides is 1. The van der Waals surface area contributed by atoms with Gasteiger partial charge in [-0.05, 0) is 66.3 Å². The van der Waals surface area contributed by atoms with Gasteiger partial charge < -0.3 is 34.5 Å². The van der Waals surface area contributed by atoms with Crippen LogP contribution in [-0.4, -0.2) is 68.4 Å². The van der Waals surface area contributed by atoms with Crippen molar-refractivity contribution in [3.05, 3.63) is 122 Å². The highest BCUT2D eigenvalue weighted by atomic mass is 19.1. The Morgan fingerprint density at radius 2 is 1.51 bits per heavy atom. The van der Waals surface area contributed by atoms with Gasteiger partial charge in [-0.15, -0.1) is 20.2 Å². The predicted molar refractivity (Wildman–Crippen MR) is 190 cm³/mol. The first-order valence-corrected chi connectivity index (χ1v) is 16.9.